The van der Waals surface area contributed by atoms with Crippen LogP contribution in [-0.4, -0.2) is 35.3 Å². The molecule has 0 spiro atoms. The van der Waals surface area contributed by atoms with E-state index in [-0.39, 0.29) is 16.8 Å². The van der Waals surface area contributed by atoms with E-state index in [4.69, 9.17) is 0 Å². The molecule has 0 aliphatic rings. The highest BCUT2D eigenvalue weighted by molar-refractivity contribution is 7.90. The smallest absolute Gasteiger partial charge is 0.252 e. The molecule has 0 aliphatic heterocycles. The van der Waals surface area contributed by atoms with Crippen LogP contribution in [0.4, 0.5) is 4.39 Å². The van der Waals surface area contributed by atoms with Crippen LogP contribution < -0.4 is 5.32 Å². The lowest BCUT2D eigenvalue weighted by molar-refractivity contribution is -0.116. The Morgan fingerprint density at radius 3 is 2.38 bits per heavy atom. The van der Waals surface area contributed by atoms with Crippen molar-refractivity contribution in [1.82, 2.24) is 20.1 Å². The van der Waals surface area contributed by atoms with Crippen molar-refractivity contribution in [2.24, 2.45) is 0 Å². The van der Waals surface area contributed by atoms with Crippen LogP contribution in [0.1, 0.15) is 56.5 Å². The lowest BCUT2D eigenvalue weighted by Crippen LogP contribution is -2.29. The van der Waals surface area contributed by atoms with Crippen molar-refractivity contribution in [3.8, 4) is 5.69 Å². The summed E-state index contributed by atoms with van der Waals surface area (Å²) in [7, 11) is -3.51. The molecule has 0 saturated carbocycles. The Labute approximate surface area is 218 Å². The lowest BCUT2D eigenvalue weighted by atomic mass is 10.0. The van der Waals surface area contributed by atoms with Crippen LogP contribution in [0, 0.1) is 5.82 Å². The van der Waals surface area contributed by atoms with E-state index in [0.717, 1.165) is 6.26 Å². The normalized spacial score (nSPS) is 12.2. The minimum atomic E-state index is -3.51. The molecule has 0 fully saturated rings. The van der Waals surface area contributed by atoms with Crippen molar-refractivity contribution < 1.29 is 17.6 Å². The first kappa shape index (κ1) is 29.4. The van der Waals surface area contributed by atoms with Gasteiger partial charge in [-0.3, -0.25) is 4.79 Å². The highest BCUT2D eigenvalue weighted by Gasteiger charge is 2.22. The summed E-state index contributed by atoms with van der Waals surface area (Å²) < 4.78 is 38.7. The molecule has 0 saturated heterocycles. The minimum absolute atomic E-state index is 0.0749. The number of aromatic nitrogens is 3. The van der Waals surface area contributed by atoms with Crippen LogP contribution >= 0.6 is 0 Å². The number of halogens is 1. The fraction of sp³-hybridized carbons (Fsp3) is 0.250. The van der Waals surface area contributed by atoms with Gasteiger partial charge in [-0.15, -0.1) is 6.58 Å². The summed E-state index contributed by atoms with van der Waals surface area (Å²) in [5, 5.41) is 7.23. The molecule has 7 nitrogen and oxygen atoms in total. The number of hydrogen-bond donors (Lipinski definition) is 1. The highest BCUT2D eigenvalue weighted by atomic mass is 32.2. The number of carbonyl (C=O) groups excluding carboxylic acids is 1. The fourth-order valence-electron chi connectivity index (χ4n) is 3.48. The number of sulfone groups is 1. The number of pyridine rings is 1. The number of benzene rings is 1. The fourth-order valence-corrected chi connectivity index (χ4v) is 4.09. The third kappa shape index (κ3) is 7.57. The SMILES string of the molecule is C=CC[C@@H](NC(=O)/C(=C/C)c1cnn(-c2ccc(F)cc2)c1C=C)c1ccnc(S(C)(=O)=O)c1.CCC. The first-order valence-electron chi connectivity index (χ1n) is 11.8. The van der Waals surface area contributed by atoms with E-state index in [9.17, 15) is 17.6 Å². The maximum atomic E-state index is 13.3. The number of amides is 1. The van der Waals surface area contributed by atoms with Crippen molar-refractivity contribution in [3.05, 3.63) is 96.7 Å². The van der Waals surface area contributed by atoms with Crippen molar-refractivity contribution in [3.63, 3.8) is 0 Å². The van der Waals surface area contributed by atoms with Gasteiger partial charge in [0, 0.05) is 23.6 Å². The third-order valence-corrected chi connectivity index (χ3v) is 6.13. The van der Waals surface area contributed by atoms with Crippen molar-refractivity contribution in [1.29, 1.82) is 0 Å². The Balaban J connectivity index is 0.00000153. The van der Waals surface area contributed by atoms with Crippen molar-refractivity contribution in [2.75, 3.05) is 6.26 Å². The number of nitrogens with one attached hydrogen (secondary N) is 1. The van der Waals surface area contributed by atoms with Gasteiger partial charge in [-0.05, 0) is 61.4 Å². The van der Waals surface area contributed by atoms with E-state index in [1.54, 1.807) is 54.2 Å². The van der Waals surface area contributed by atoms with Crippen molar-refractivity contribution in [2.45, 2.75) is 44.7 Å². The van der Waals surface area contributed by atoms with Crippen LogP contribution in [0.5, 0.6) is 0 Å². The number of rotatable bonds is 9. The Morgan fingerprint density at radius 1 is 1.19 bits per heavy atom. The molecule has 9 heteroatoms. The average Bonchev–Trinajstić information content (AvgIpc) is 3.28. The summed E-state index contributed by atoms with van der Waals surface area (Å²) in [6, 6.07) is 8.39. The summed E-state index contributed by atoms with van der Waals surface area (Å²) in [4.78, 5) is 17.2. The van der Waals surface area contributed by atoms with E-state index in [1.807, 2.05) is 0 Å². The average molecular weight is 525 g/mol. The summed E-state index contributed by atoms with van der Waals surface area (Å²) in [6.07, 6.45) is 10.5. The van der Waals surface area contributed by atoms with Gasteiger partial charge in [-0.1, -0.05) is 39.0 Å². The molecule has 1 N–H and O–H groups in total. The molecule has 1 aromatic carbocycles. The second-order valence-corrected chi connectivity index (χ2v) is 10.2. The van der Waals surface area contributed by atoms with E-state index in [2.05, 4.69) is 42.4 Å². The molecule has 3 rings (SSSR count). The largest absolute Gasteiger partial charge is 0.345 e. The van der Waals surface area contributed by atoms with E-state index >= 15 is 0 Å². The van der Waals surface area contributed by atoms with Gasteiger partial charge in [0.2, 0.25) is 0 Å². The van der Waals surface area contributed by atoms with E-state index < -0.39 is 15.9 Å². The molecule has 0 radical (unpaired) electrons. The summed E-state index contributed by atoms with van der Waals surface area (Å²) in [5.74, 6) is -0.748. The van der Waals surface area contributed by atoms with Gasteiger partial charge in [0.1, 0.15) is 5.82 Å². The molecule has 2 heterocycles. The highest BCUT2D eigenvalue weighted by Crippen LogP contribution is 2.26. The third-order valence-electron chi connectivity index (χ3n) is 5.14. The van der Waals surface area contributed by atoms with Gasteiger partial charge in [0.25, 0.3) is 5.91 Å². The van der Waals surface area contributed by atoms with Gasteiger partial charge in [-0.25, -0.2) is 22.5 Å². The molecular formula is C28H33FN4O3S. The monoisotopic (exact) mass is 524 g/mol. The van der Waals surface area contributed by atoms with Crippen LogP contribution in [0.25, 0.3) is 17.3 Å². The summed E-state index contributed by atoms with van der Waals surface area (Å²) in [6.45, 7) is 13.6. The first-order valence-corrected chi connectivity index (χ1v) is 13.7. The Hall–Kier alpha value is -3.85. The second kappa shape index (κ2) is 13.5. The zero-order valence-electron chi connectivity index (χ0n) is 21.6. The molecule has 3 aromatic rings. The van der Waals surface area contributed by atoms with Gasteiger partial charge < -0.3 is 5.32 Å². The minimum Gasteiger partial charge on any atom is -0.345 e. The second-order valence-electron chi connectivity index (χ2n) is 8.20. The number of allylic oxidation sites excluding steroid dienone is 1. The standard InChI is InChI=1S/C25H25FN4O3S.C3H8/c1-5-8-22(17-13-14-27-24(15-17)34(4,32)33)29-25(31)20(6-2)21-16-28-30(23(21)7-3)19-11-9-18(26)10-12-19;1-3-2/h5-7,9-16,22H,1,3,8H2,2,4H3,(H,29,31);3H2,1-2H3/b20-6+;/t22-;/m1./s1. The van der Waals surface area contributed by atoms with E-state index in [0.29, 0.717) is 34.5 Å². The molecule has 37 heavy (non-hydrogen) atoms. The first-order chi connectivity index (χ1) is 17.6. The molecule has 2 aromatic heterocycles. The Kier molecular flexibility index (Phi) is 10.7. The van der Waals surface area contributed by atoms with Crippen LogP contribution in [0.15, 0.2) is 79.1 Å². The zero-order valence-corrected chi connectivity index (χ0v) is 22.4. The molecule has 0 aliphatic carbocycles. The number of hydrogen-bond acceptors (Lipinski definition) is 5. The Morgan fingerprint density at radius 2 is 1.84 bits per heavy atom. The predicted octanol–water partition coefficient (Wildman–Crippen LogP) is 5.71. The summed E-state index contributed by atoms with van der Waals surface area (Å²) >= 11 is 0. The van der Waals surface area contributed by atoms with Crippen LogP contribution in [0.3, 0.4) is 0 Å². The number of carbonyl (C=O) groups is 1. The summed E-state index contributed by atoms with van der Waals surface area (Å²) in [5.41, 5.74) is 2.68. The van der Waals surface area contributed by atoms with Gasteiger partial charge in [-0.2, -0.15) is 5.10 Å². The quantitative estimate of drug-likeness (QED) is 0.286. The maximum absolute atomic E-state index is 13.3. The van der Waals surface area contributed by atoms with Crippen LogP contribution in [0.2, 0.25) is 0 Å². The number of nitrogens with zero attached hydrogens (tertiary/aromatic N) is 3. The van der Waals surface area contributed by atoms with Gasteiger partial charge in [0.15, 0.2) is 14.9 Å². The van der Waals surface area contributed by atoms with Crippen LogP contribution in [-0.2, 0) is 14.6 Å². The van der Waals surface area contributed by atoms with Gasteiger partial charge in [0.05, 0.1) is 23.6 Å². The molecule has 0 bridgehead atoms. The molecule has 1 amide bonds. The van der Waals surface area contributed by atoms with E-state index in [1.165, 1.54) is 30.8 Å². The molecule has 1 atom stereocenters. The molecular weight excluding hydrogens is 491 g/mol. The maximum Gasteiger partial charge on any atom is 0.252 e. The lowest BCUT2D eigenvalue weighted by Gasteiger charge is -2.19. The zero-order chi connectivity index (χ0) is 27.6. The van der Waals surface area contributed by atoms with Gasteiger partial charge >= 0.3 is 0 Å². The molecule has 196 valence electrons. The van der Waals surface area contributed by atoms with Crippen molar-refractivity contribution >= 4 is 27.4 Å². The predicted molar refractivity (Wildman–Crippen MR) is 146 cm³/mol. The topological polar surface area (TPSA) is 93.9 Å². The molecule has 0 unspecified atom stereocenters. The Bertz CT molecular complexity index is 1380.